The van der Waals surface area contributed by atoms with Crippen molar-refractivity contribution in [1.29, 1.82) is 0 Å². The van der Waals surface area contributed by atoms with E-state index in [-0.39, 0.29) is 10.7 Å². The Bertz CT molecular complexity index is 799. The maximum absolute atomic E-state index is 13.6. The zero-order valence-electron chi connectivity index (χ0n) is 14.7. The standard InChI is InChI=1S/C19H19ClFNO5/c1-2-9-25-16-5-3-4-6-17(16)26-12-19(24)27-11-18(23)22-15-10-13(20)7-8-14(15)21/h3-8,10H,2,9,11-12H2,1H3,(H,22,23). The van der Waals surface area contributed by atoms with E-state index in [2.05, 4.69) is 5.32 Å². The summed E-state index contributed by atoms with van der Waals surface area (Å²) in [6.45, 7) is 1.51. The molecule has 0 spiro atoms. The number of hydrogen-bond donors (Lipinski definition) is 1. The van der Waals surface area contributed by atoms with Crippen LogP contribution in [0.25, 0.3) is 0 Å². The van der Waals surface area contributed by atoms with Gasteiger partial charge in [-0.1, -0.05) is 30.7 Å². The predicted octanol–water partition coefficient (Wildman–Crippen LogP) is 3.83. The van der Waals surface area contributed by atoms with E-state index in [1.807, 2.05) is 6.92 Å². The fraction of sp³-hybridized carbons (Fsp3) is 0.263. The molecule has 27 heavy (non-hydrogen) atoms. The first kappa shape index (κ1) is 20.5. The van der Waals surface area contributed by atoms with E-state index >= 15 is 0 Å². The molecule has 2 aromatic carbocycles. The number of ether oxygens (including phenoxy) is 3. The average molecular weight is 396 g/mol. The number of anilines is 1. The second-order valence-electron chi connectivity index (χ2n) is 5.42. The Balaban J connectivity index is 1.79. The Morgan fingerprint density at radius 1 is 1.07 bits per heavy atom. The number of hydrogen-bond acceptors (Lipinski definition) is 5. The van der Waals surface area contributed by atoms with Crippen molar-refractivity contribution >= 4 is 29.2 Å². The molecule has 0 aliphatic heterocycles. The smallest absolute Gasteiger partial charge is 0.344 e. The minimum atomic E-state index is -0.748. The molecule has 8 heteroatoms. The van der Waals surface area contributed by atoms with Gasteiger partial charge in [0.15, 0.2) is 24.7 Å². The fourth-order valence-electron chi connectivity index (χ4n) is 2.00. The van der Waals surface area contributed by atoms with Gasteiger partial charge < -0.3 is 19.5 Å². The third-order valence-electron chi connectivity index (χ3n) is 3.22. The minimum Gasteiger partial charge on any atom is -0.490 e. The summed E-state index contributed by atoms with van der Waals surface area (Å²) in [4.78, 5) is 23.5. The second-order valence-corrected chi connectivity index (χ2v) is 5.85. The Hall–Kier alpha value is -2.80. The van der Waals surface area contributed by atoms with Crippen LogP contribution in [0.1, 0.15) is 13.3 Å². The number of halogens is 2. The molecule has 0 aromatic heterocycles. The number of carbonyl (C=O) groups excluding carboxylic acids is 2. The SMILES string of the molecule is CCCOc1ccccc1OCC(=O)OCC(=O)Nc1cc(Cl)ccc1F. The predicted molar refractivity (Wildman–Crippen MR) is 98.7 cm³/mol. The van der Waals surface area contributed by atoms with Gasteiger partial charge in [0.05, 0.1) is 12.3 Å². The van der Waals surface area contributed by atoms with E-state index < -0.39 is 30.9 Å². The third-order valence-corrected chi connectivity index (χ3v) is 3.46. The summed E-state index contributed by atoms with van der Waals surface area (Å²) in [6.07, 6.45) is 0.832. The van der Waals surface area contributed by atoms with Crippen molar-refractivity contribution in [1.82, 2.24) is 0 Å². The molecule has 6 nitrogen and oxygen atoms in total. The summed E-state index contributed by atoms with van der Waals surface area (Å²) in [5.74, 6) is -1.18. The molecule has 0 radical (unpaired) electrons. The van der Waals surface area contributed by atoms with Crippen molar-refractivity contribution in [2.24, 2.45) is 0 Å². The highest BCUT2D eigenvalue weighted by Crippen LogP contribution is 2.26. The molecular formula is C19H19ClFNO5. The molecule has 0 atom stereocenters. The summed E-state index contributed by atoms with van der Waals surface area (Å²) in [7, 11) is 0. The highest BCUT2D eigenvalue weighted by molar-refractivity contribution is 6.30. The lowest BCUT2D eigenvalue weighted by molar-refractivity contribution is -0.149. The lowest BCUT2D eigenvalue weighted by Gasteiger charge is -2.12. The summed E-state index contributed by atoms with van der Waals surface area (Å²) in [5, 5.41) is 2.54. The molecule has 0 fully saturated rings. The molecular weight excluding hydrogens is 377 g/mol. The lowest BCUT2D eigenvalue weighted by Crippen LogP contribution is -2.24. The largest absolute Gasteiger partial charge is 0.490 e. The molecule has 2 aromatic rings. The number of esters is 1. The van der Waals surface area contributed by atoms with Gasteiger partial charge in [0.1, 0.15) is 5.82 Å². The Kier molecular flexibility index (Phi) is 7.88. The first-order valence-electron chi connectivity index (χ1n) is 8.24. The van der Waals surface area contributed by atoms with Gasteiger partial charge in [-0.05, 0) is 36.8 Å². The van der Waals surface area contributed by atoms with Crippen molar-refractivity contribution in [2.75, 3.05) is 25.1 Å². The summed E-state index contributed by atoms with van der Waals surface area (Å²) < 4.78 is 29.3. The van der Waals surface area contributed by atoms with Gasteiger partial charge in [-0.15, -0.1) is 0 Å². The van der Waals surface area contributed by atoms with Crippen LogP contribution in [0, 0.1) is 5.82 Å². The number of nitrogens with one attached hydrogen (secondary N) is 1. The maximum atomic E-state index is 13.6. The van der Waals surface area contributed by atoms with Crippen LogP contribution in [0.4, 0.5) is 10.1 Å². The first-order chi connectivity index (χ1) is 13.0. The van der Waals surface area contributed by atoms with Gasteiger partial charge in [0.25, 0.3) is 5.91 Å². The molecule has 0 aliphatic rings. The van der Waals surface area contributed by atoms with Crippen LogP contribution in [-0.4, -0.2) is 31.7 Å². The number of para-hydroxylation sites is 2. The van der Waals surface area contributed by atoms with Gasteiger partial charge in [0.2, 0.25) is 0 Å². The summed E-state index contributed by atoms with van der Waals surface area (Å²) >= 11 is 5.74. The van der Waals surface area contributed by atoms with Crippen molar-refractivity contribution < 1.29 is 28.2 Å². The van der Waals surface area contributed by atoms with Crippen LogP contribution < -0.4 is 14.8 Å². The van der Waals surface area contributed by atoms with Crippen molar-refractivity contribution in [3.63, 3.8) is 0 Å². The molecule has 2 rings (SSSR count). The number of rotatable bonds is 9. The number of amides is 1. The topological polar surface area (TPSA) is 73.9 Å². The Morgan fingerprint density at radius 3 is 2.48 bits per heavy atom. The van der Waals surface area contributed by atoms with Gasteiger partial charge in [-0.2, -0.15) is 0 Å². The molecule has 1 amide bonds. The zero-order chi connectivity index (χ0) is 19.6. The van der Waals surface area contributed by atoms with Crippen LogP contribution in [0.5, 0.6) is 11.5 Å². The van der Waals surface area contributed by atoms with E-state index in [0.29, 0.717) is 18.1 Å². The zero-order valence-corrected chi connectivity index (χ0v) is 15.4. The van der Waals surface area contributed by atoms with E-state index in [0.717, 1.165) is 12.5 Å². The maximum Gasteiger partial charge on any atom is 0.344 e. The molecule has 1 N–H and O–H groups in total. The van der Waals surface area contributed by atoms with Gasteiger partial charge >= 0.3 is 5.97 Å². The van der Waals surface area contributed by atoms with Crippen molar-refractivity contribution in [3.8, 4) is 11.5 Å². The van der Waals surface area contributed by atoms with Crippen LogP contribution in [0.15, 0.2) is 42.5 Å². The van der Waals surface area contributed by atoms with E-state index in [1.54, 1.807) is 24.3 Å². The Labute approximate surface area is 161 Å². The van der Waals surface area contributed by atoms with E-state index in [9.17, 15) is 14.0 Å². The van der Waals surface area contributed by atoms with Crippen LogP contribution in [0.3, 0.4) is 0 Å². The van der Waals surface area contributed by atoms with E-state index in [4.69, 9.17) is 25.8 Å². The average Bonchev–Trinajstić information content (AvgIpc) is 2.66. The summed E-state index contributed by atoms with van der Waals surface area (Å²) in [5.41, 5.74) is -0.0956. The molecule has 0 saturated carbocycles. The van der Waals surface area contributed by atoms with Gasteiger partial charge in [-0.3, -0.25) is 4.79 Å². The van der Waals surface area contributed by atoms with Crippen LogP contribution in [-0.2, 0) is 14.3 Å². The van der Waals surface area contributed by atoms with E-state index in [1.165, 1.54) is 12.1 Å². The molecule has 144 valence electrons. The fourth-order valence-corrected chi connectivity index (χ4v) is 2.18. The molecule has 0 unspecified atom stereocenters. The Morgan fingerprint density at radius 2 is 1.78 bits per heavy atom. The monoisotopic (exact) mass is 395 g/mol. The number of benzene rings is 2. The number of carbonyl (C=O) groups is 2. The minimum absolute atomic E-state index is 0.0956. The third kappa shape index (κ3) is 6.79. The van der Waals surface area contributed by atoms with Crippen molar-refractivity contribution in [2.45, 2.75) is 13.3 Å². The molecule has 0 bridgehead atoms. The van der Waals surface area contributed by atoms with Gasteiger partial charge in [0, 0.05) is 5.02 Å². The lowest BCUT2D eigenvalue weighted by atomic mass is 10.3. The van der Waals surface area contributed by atoms with Gasteiger partial charge in [-0.25, -0.2) is 9.18 Å². The quantitative estimate of drug-likeness (QED) is 0.653. The highest BCUT2D eigenvalue weighted by Gasteiger charge is 2.12. The molecule has 0 heterocycles. The highest BCUT2D eigenvalue weighted by atomic mass is 35.5. The second kappa shape index (κ2) is 10.4. The normalized spacial score (nSPS) is 10.2. The summed E-state index contributed by atoms with van der Waals surface area (Å²) in [6, 6.07) is 10.6. The molecule has 0 aliphatic carbocycles. The van der Waals surface area contributed by atoms with Crippen LogP contribution >= 0.6 is 11.6 Å². The van der Waals surface area contributed by atoms with Crippen LogP contribution in [0.2, 0.25) is 5.02 Å². The first-order valence-corrected chi connectivity index (χ1v) is 8.62. The van der Waals surface area contributed by atoms with Crippen molar-refractivity contribution in [3.05, 3.63) is 53.3 Å². The molecule has 0 saturated heterocycles.